The maximum absolute atomic E-state index is 12.6. The molecule has 0 radical (unpaired) electrons. The van der Waals surface area contributed by atoms with E-state index in [0.29, 0.717) is 19.5 Å². The first-order valence-corrected chi connectivity index (χ1v) is 9.14. The molecule has 1 atom stereocenters. The second-order valence-electron chi connectivity index (χ2n) is 5.92. The molecule has 0 spiro atoms. The van der Waals surface area contributed by atoms with Gasteiger partial charge in [0.1, 0.15) is 0 Å². The van der Waals surface area contributed by atoms with Crippen molar-refractivity contribution in [3.63, 3.8) is 0 Å². The van der Waals surface area contributed by atoms with E-state index >= 15 is 0 Å². The zero-order valence-corrected chi connectivity index (χ0v) is 14.1. The third-order valence-corrected chi connectivity index (χ3v) is 5.89. The molecular formula is C15H19F3N2O4S. The number of rotatable bonds is 6. The van der Waals surface area contributed by atoms with E-state index in [1.165, 1.54) is 4.31 Å². The fourth-order valence-electron chi connectivity index (χ4n) is 2.76. The molecule has 1 saturated heterocycles. The van der Waals surface area contributed by atoms with E-state index < -0.39 is 27.7 Å². The monoisotopic (exact) mass is 380 g/mol. The fraction of sp³-hybridized carbons (Fsp3) is 0.533. The first-order chi connectivity index (χ1) is 11.6. The second-order valence-corrected chi connectivity index (χ2v) is 7.86. The lowest BCUT2D eigenvalue weighted by Gasteiger charge is -2.32. The van der Waals surface area contributed by atoms with Crippen molar-refractivity contribution >= 4 is 16.0 Å². The lowest BCUT2D eigenvalue weighted by atomic mass is 10.00. The number of aliphatic carboxylic acids is 1. The molecule has 1 unspecified atom stereocenters. The molecule has 1 aliphatic heterocycles. The van der Waals surface area contributed by atoms with Gasteiger partial charge in [-0.05, 0) is 49.6 Å². The number of halogens is 3. The van der Waals surface area contributed by atoms with Gasteiger partial charge in [0.15, 0.2) is 0 Å². The molecule has 2 N–H and O–H groups in total. The molecular weight excluding hydrogens is 361 g/mol. The van der Waals surface area contributed by atoms with Gasteiger partial charge in [-0.25, -0.2) is 8.42 Å². The van der Waals surface area contributed by atoms with Crippen molar-refractivity contribution in [1.29, 1.82) is 0 Å². The highest BCUT2D eigenvalue weighted by atomic mass is 32.2. The molecule has 0 saturated carbocycles. The summed E-state index contributed by atoms with van der Waals surface area (Å²) in [5, 5.41) is 11.3. The summed E-state index contributed by atoms with van der Waals surface area (Å²) < 4.78 is 64.2. The Kier molecular flexibility index (Phi) is 6.07. The van der Waals surface area contributed by atoms with Gasteiger partial charge in [0.05, 0.1) is 17.0 Å². The summed E-state index contributed by atoms with van der Waals surface area (Å²) in [5.41, 5.74) is -0.902. The molecule has 1 aromatic carbocycles. The van der Waals surface area contributed by atoms with Crippen LogP contribution in [0.1, 0.15) is 18.4 Å². The Hall–Kier alpha value is -1.65. The van der Waals surface area contributed by atoms with Crippen LogP contribution in [0.15, 0.2) is 29.2 Å². The number of sulfonamides is 1. The normalized spacial score (nSPS) is 19.7. The lowest BCUT2D eigenvalue weighted by molar-refractivity contribution is -0.138. The van der Waals surface area contributed by atoms with Crippen LogP contribution in [-0.4, -0.2) is 50.0 Å². The van der Waals surface area contributed by atoms with Crippen molar-refractivity contribution in [2.75, 3.05) is 26.2 Å². The number of carboxylic acid groups (broad SMARTS) is 1. The molecule has 140 valence electrons. The van der Waals surface area contributed by atoms with Gasteiger partial charge in [0.2, 0.25) is 10.0 Å². The molecule has 25 heavy (non-hydrogen) atoms. The number of hydrogen-bond donors (Lipinski definition) is 2. The van der Waals surface area contributed by atoms with Gasteiger partial charge in [-0.1, -0.05) is 0 Å². The quantitative estimate of drug-likeness (QED) is 0.786. The van der Waals surface area contributed by atoms with Crippen LogP contribution in [0.2, 0.25) is 0 Å². The predicted octanol–water partition coefficient (Wildman–Crippen LogP) is 1.78. The van der Waals surface area contributed by atoms with E-state index in [9.17, 15) is 26.4 Å². The molecule has 10 heteroatoms. The van der Waals surface area contributed by atoms with Crippen LogP contribution in [0, 0.1) is 5.92 Å². The first-order valence-electron chi connectivity index (χ1n) is 7.70. The van der Waals surface area contributed by atoms with E-state index in [0.717, 1.165) is 30.7 Å². The number of piperidine rings is 1. The number of carbonyl (C=O) groups is 1. The molecule has 0 amide bonds. The minimum Gasteiger partial charge on any atom is -0.480 e. The van der Waals surface area contributed by atoms with Crippen LogP contribution < -0.4 is 5.32 Å². The van der Waals surface area contributed by atoms with Gasteiger partial charge in [-0.2, -0.15) is 17.5 Å². The molecule has 0 bridgehead atoms. The summed E-state index contributed by atoms with van der Waals surface area (Å²) in [4.78, 5) is 10.3. The summed E-state index contributed by atoms with van der Waals surface area (Å²) in [6.07, 6.45) is -3.15. The van der Waals surface area contributed by atoms with E-state index in [-0.39, 0.29) is 23.9 Å². The van der Waals surface area contributed by atoms with Crippen molar-refractivity contribution in [2.24, 2.45) is 5.92 Å². The van der Waals surface area contributed by atoms with Crippen LogP contribution in [0.4, 0.5) is 13.2 Å². The Morgan fingerprint density at radius 1 is 1.28 bits per heavy atom. The number of nitrogens with one attached hydrogen (secondary N) is 1. The average Bonchev–Trinajstić information content (AvgIpc) is 2.54. The summed E-state index contributed by atoms with van der Waals surface area (Å²) in [6, 6.07) is 3.43. The molecule has 1 fully saturated rings. The van der Waals surface area contributed by atoms with Crippen molar-refractivity contribution in [3.8, 4) is 0 Å². The molecule has 0 aromatic heterocycles. The minimum absolute atomic E-state index is 0.0441. The largest absolute Gasteiger partial charge is 0.480 e. The molecule has 0 aliphatic carbocycles. The highest BCUT2D eigenvalue weighted by Crippen LogP contribution is 2.30. The third-order valence-electron chi connectivity index (χ3n) is 4.01. The highest BCUT2D eigenvalue weighted by molar-refractivity contribution is 7.89. The van der Waals surface area contributed by atoms with Crippen LogP contribution >= 0.6 is 0 Å². The van der Waals surface area contributed by atoms with Crippen LogP contribution in [0.5, 0.6) is 0 Å². The lowest BCUT2D eigenvalue weighted by Crippen LogP contribution is -2.43. The van der Waals surface area contributed by atoms with Crippen LogP contribution in [0.25, 0.3) is 0 Å². The SMILES string of the molecule is O=C(O)CNCC1CCCN(S(=O)(=O)c2ccc(C(F)(F)F)cc2)C1. The van der Waals surface area contributed by atoms with Gasteiger partial charge in [-0.15, -0.1) is 0 Å². The zero-order chi connectivity index (χ0) is 18.7. The summed E-state index contributed by atoms with van der Waals surface area (Å²) in [6.45, 7) is 0.655. The molecule has 1 aliphatic rings. The Morgan fingerprint density at radius 2 is 1.92 bits per heavy atom. The zero-order valence-electron chi connectivity index (χ0n) is 13.3. The molecule has 1 aromatic rings. The summed E-state index contributed by atoms with van der Waals surface area (Å²) >= 11 is 0. The maximum atomic E-state index is 12.6. The predicted molar refractivity (Wildman–Crippen MR) is 83.4 cm³/mol. The number of benzene rings is 1. The summed E-state index contributed by atoms with van der Waals surface area (Å²) in [7, 11) is -3.88. The van der Waals surface area contributed by atoms with E-state index in [1.54, 1.807) is 0 Å². The van der Waals surface area contributed by atoms with Crippen LogP contribution in [-0.2, 0) is 21.0 Å². The van der Waals surface area contributed by atoms with Gasteiger partial charge >= 0.3 is 12.1 Å². The Labute approximate surface area is 143 Å². The molecule has 2 rings (SSSR count). The van der Waals surface area contributed by atoms with Gasteiger partial charge in [0.25, 0.3) is 0 Å². The van der Waals surface area contributed by atoms with Gasteiger partial charge in [0, 0.05) is 13.1 Å². The second kappa shape index (κ2) is 7.71. The van der Waals surface area contributed by atoms with E-state index in [2.05, 4.69) is 5.32 Å². The standard InChI is InChI=1S/C15H19F3N2O4S/c16-15(17,18)12-3-5-13(6-4-12)25(23,24)20-7-1-2-11(10-20)8-19-9-14(21)22/h3-6,11,19H,1-2,7-10H2,(H,21,22). The number of alkyl halides is 3. The van der Waals surface area contributed by atoms with E-state index in [1.807, 2.05) is 0 Å². The molecule has 1 heterocycles. The van der Waals surface area contributed by atoms with Crippen molar-refractivity contribution in [1.82, 2.24) is 9.62 Å². The number of hydrogen-bond acceptors (Lipinski definition) is 4. The highest BCUT2D eigenvalue weighted by Gasteiger charge is 2.33. The maximum Gasteiger partial charge on any atom is 0.416 e. The number of nitrogens with zero attached hydrogens (tertiary/aromatic N) is 1. The molecule has 6 nitrogen and oxygen atoms in total. The van der Waals surface area contributed by atoms with E-state index in [4.69, 9.17) is 5.11 Å². The number of carboxylic acids is 1. The third kappa shape index (κ3) is 5.16. The first kappa shape index (κ1) is 19.7. The summed E-state index contributed by atoms with van der Waals surface area (Å²) in [5.74, 6) is -1.04. The minimum atomic E-state index is -4.52. The topological polar surface area (TPSA) is 86.7 Å². The van der Waals surface area contributed by atoms with Crippen LogP contribution in [0.3, 0.4) is 0 Å². The Balaban J connectivity index is 2.06. The van der Waals surface area contributed by atoms with Crippen molar-refractivity contribution in [3.05, 3.63) is 29.8 Å². The Bertz CT molecular complexity index is 704. The fourth-order valence-corrected chi connectivity index (χ4v) is 4.31. The van der Waals surface area contributed by atoms with Gasteiger partial charge in [-0.3, -0.25) is 4.79 Å². The average molecular weight is 380 g/mol. The van der Waals surface area contributed by atoms with Crippen molar-refractivity contribution in [2.45, 2.75) is 23.9 Å². The smallest absolute Gasteiger partial charge is 0.416 e. The van der Waals surface area contributed by atoms with Gasteiger partial charge < -0.3 is 10.4 Å². The van der Waals surface area contributed by atoms with Crippen molar-refractivity contribution < 1.29 is 31.5 Å². The Morgan fingerprint density at radius 3 is 2.48 bits per heavy atom.